The van der Waals surface area contributed by atoms with Crippen LogP contribution in [0.4, 0.5) is 0 Å². The molecule has 2 nitrogen and oxygen atoms in total. The minimum atomic E-state index is 0.207. The van der Waals surface area contributed by atoms with Gasteiger partial charge in [-0.15, -0.1) is 0 Å². The Morgan fingerprint density at radius 3 is 2.79 bits per heavy atom. The Morgan fingerprint density at radius 2 is 2.21 bits per heavy atom. The summed E-state index contributed by atoms with van der Waals surface area (Å²) in [5.74, 6) is 0. The highest BCUT2D eigenvalue weighted by Crippen LogP contribution is 2.24. The fourth-order valence-electron chi connectivity index (χ4n) is 1.50. The minimum absolute atomic E-state index is 0.207. The van der Waals surface area contributed by atoms with Gasteiger partial charge in [-0.05, 0) is 31.2 Å². The Balaban J connectivity index is 2.97. The minimum Gasteiger partial charge on any atom is -0.383 e. The number of methoxy groups -OCH3 is 1. The van der Waals surface area contributed by atoms with Gasteiger partial charge in [-0.2, -0.15) is 0 Å². The maximum Gasteiger partial charge on any atom is 0.0657 e. The van der Waals surface area contributed by atoms with Gasteiger partial charge in [0.1, 0.15) is 0 Å². The summed E-state index contributed by atoms with van der Waals surface area (Å²) in [6.07, 6.45) is 0. The molecule has 0 aliphatic rings. The standard InChI is InChI=1S/C11H16ClNO/c1-8-9(5-4-6-10(8)12)11(13-2)7-14-3/h4-6,11,13H,7H2,1-3H3. The Morgan fingerprint density at radius 1 is 1.50 bits per heavy atom. The van der Waals surface area contributed by atoms with Gasteiger partial charge in [0.25, 0.3) is 0 Å². The van der Waals surface area contributed by atoms with E-state index in [1.54, 1.807) is 7.11 Å². The molecule has 1 rings (SSSR count). The number of halogens is 1. The van der Waals surface area contributed by atoms with Crippen LogP contribution >= 0.6 is 11.6 Å². The van der Waals surface area contributed by atoms with Crippen LogP contribution in [0.25, 0.3) is 0 Å². The fourth-order valence-corrected chi connectivity index (χ4v) is 1.68. The van der Waals surface area contributed by atoms with Crippen molar-refractivity contribution in [1.82, 2.24) is 5.32 Å². The van der Waals surface area contributed by atoms with E-state index >= 15 is 0 Å². The van der Waals surface area contributed by atoms with E-state index in [-0.39, 0.29) is 6.04 Å². The average Bonchev–Trinajstić information content (AvgIpc) is 2.19. The maximum absolute atomic E-state index is 6.05. The molecule has 1 atom stereocenters. The third kappa shape index (κ3) is 2.47. The molecule has 1 N–H and O–H groups in total. The van der Waals surface area contributed by atoms with Gasteiger partial charge in [0.05, 0.1) is 12.6 Å². The molecular formula is C11H16ClNO. The molecule has 0 spiro atoms. The first-order chi connectivity index (χ1) is 6.70. The molecule has 0 saturated heterocycles. The number of benzene rings is 1. The van der Waals surface area contributed by atoms with Crippen molar-refractivity contribution in [2.24, 2.45) is 0 Å². The van der Waals surface area contributed by atoms with Crippen LogP contribution < -0.4 is 5.32 Å². The lowest BCUT2D eigenvalue weighted by molar-refractivity contribution is 0.170. The van der Waals surface area contributed by atoms with Crippen LogP contribution in [0.2, 0.25) is 5.02 Å². The normalized spacial score (nSPS) is 12.9. The first-order valence-corrected chi connectivity index (χ1v) is 4.99. The van der Waals surface area contributed by atoms with Crippen LogP contribution in [0.15, 0.2) is 18.2 Å². The highest BCUT2D eigenvalue weighted by Gasteiger charge is 2.12. The van der Waals surface area contributed by atoms with E-state index in [2.05, 4.69) is 11.4 Å². The molecule has 0 fully saturated rings. The second-order valence-electron chi connectivity index (χ2n) is 3.25. The molecule has 3 heteroatoms. The SMILES string of the molecule is CNC(COC)c1cccc(Cl)c1C. The Kier molecular flexibility index (Phi) is 4.39. The lowest BCUT2D eigenvalue weighted by Gasteiger charge is -2.18. The van der Waals surface area contributed by atoms with E-state index < -0.39 is 0 Å². The van der Waals surface area contributed by atoms with Crippen molar-refractivity contribution >= 4 is 11.6 Å². The molecule has 0 heterocycles. The molecule has 0 amide bonds. The van der Waals surface area contributed by atoms with Gasteiger partial charge in [-0.1, -0.05) is 23.7 Å². The Labute approximate surface area is 90.2 Å². The second-order valence-corrected chi connectivity index (χ2v) is 3.66. The molecule has 1 unspecified atom stereocenters. The molecule has 0 aliphatic heterocycles. The molecule has 1 aromatic rings. The largest absolute Gasteiger partial charge is 0.383 e. The zero-order valence-corrected chi connectivity index (χ0v) is 9.56. The molecule has 1 aromatic carbocycles. The van der Waals surface area contributed by atoms with Gasteiger partial charge in [-0.3, -0.25) is 0 Å². The van der Waals surface area contributed by atoms with Gasteiger partial charge in [-0.25, -0.2) is 0 Å². The first-order valence-electron chi connectivity index (χ1n) is 4.62. The maximum atomic E-state index is 6.05. The number of likely N-dealkylation sites (N-methyl/N-ethyl adjacent to an activating group) is 1. The van der Waals surface area contributed by atoms with Gasteiger partial charge < -0.3 is 10.1 Å². The molecule has 0 bridgehead atoms. The summed E-state index contributed by atoms with van der Waals surface area (Å²) >= 11 is 6.05. The predicted molar refractivity (Wildman–Crippen MR) is 59.9 cm³/mol. The number of hydrogen-bond acceptors (Lipinski definition) is 2. The van der Waals surface area contributed by atoms with Crippen LogP contribution in [0.3, 0.4) is 0 Å². The van der Waals surface area contributed by atoms with E-state index in [0.717, 1.165) is 10.6 Å². The van der Waals surface area contributed by atoms with E-state index in [1.807, 2.05) is 26.1 Å². The zero-order valence-electron chi connectivity index (χ0n) is 8.80. The molecule has 78 valence electrons. The summed E-state index contributed by atoms with van der Waals surface area (Å²) in [5, 5.41) is 4.01. The van der Waals surface area contributed by atoms with Gasteiger partial charge in [0.2, 0.25) is 0 Å². The summed E-state index contributed by atoms with van der Waals surface area (Å²) in [4.78, 5) is 0. The van der Waals surface area contributed by atoms with Crippen LogP contribution in [-0.2, 0) is 4.74 Å². The van der Waals surface area contributed by atoms with Crippen LogP contribution in [0.1, 0.15) is 17.2 Å². The number of nitrogens with one attached hydrogen (secondary N) is 1. The van der Waals surface area contributed by atoms with E-state index in [4.69, 9.17) is 16.3 Å². The third-order valence-electron chi connectivity index (χ3n) is 2.37. The monoisotopic (exact) mass is 213 g/mol. The molecule has 0 aromatic heterocycles. The summed E-state index contributed by atoms with van der Waals surface area (Å²) in [7, 11) is 3.62. The highest BCUT2D eigenvalue weighted by atomic mass is 35.5. The van der Waals surface area contributed by atoms with Crippen molar-refractivity contribution in [3.63, 3.8) is 0 Å². The Bertz CT molecular complexity index is 301. The lowest BCUT2D eigenvalue weighted by atomic mass is 10.0. The molecule has 0 saturated carbocycles. The van der Waals surface area contributed by atoms with Gasteiger partial charge in [0, 0.05) is 12.1 Å². The molecule has 0 aliphatic carbocycles. The predicted octanol–water partition coefficient (Wildman–Crippen LogP) is 2.56. The molecule has 14 heavy (non-hydrogen) atoms. The highest BCUT2D eigenvalue weighted by molar-refractivity contribution is 6.31. The van der Waals surface area contributed by atoms with Crippen molar-refractivity contribution in [3.8, 4) is 0 Å². The number of rotatable bonds is 4. The van der Waals surface area contributed by atoms with Gasteiger partial charge >= 0.3 is 0 Å². The van der Waals surface area contributed by atoms with Crippen LogP contribution in [0, 0.1) is 6.92 Å². The average molecular weight is 214 g/mol. The lowest BCUT2D eigenvalue weighted by Crippen LogP contribution is -2.22. The summed E-state index contributed by atoms with van der Waals surface area (Å²) in [6.45, 7) is 2.68. The van der Waals surface area contributed by atoms with Crippen molar-refractivity contribution in [2.75, 3.05) is 20.8 Å². The van der Waals surface area contributed by atoms with E-state index in [1.165, 1.54) is 5.56 Å². The van der Waals surface area contributed by atoms with E-state index in [0.29, 0.717) is 6.61 Å². The van der Waals surface area contributed by atoms with Gasteiger partial charge in [0.15, 0.2) is 0 Å². The summed E-state index contributed by atoms with van der Waals surface area (Å²) < 4.78 is 5.14. The van der Waals surface area contributed by atoms with Crippen molar-refractivity contribution in [2.45, 2.75) is 13.0 Å². The second kappa shape index (κ2) is 5.35. The topological polar surface area (TPSA) is 21.3 Å². The number of ether oxygens (including phenoxy) is 1. The number of hydrogen-bond donors (Lipinski definition) is 1. The van der Waals surface area contributed by atoms with Crippen molar-refractivity contribution in [1.29, 1.82) is 0 Å². The fraction of sp³-hybridized carbons (Fsp3) is 0.455. The van der Waals surface area contributed by atoms with Crippen molar-refractivity contribution in [3.05, 3.63) is 34.3 Å². The summed E-state index contributed by atoms with van der Waals surface area (Å²) in [5.41, 5.74) is 2.31. The smallest absolute Gasteiger partial charge is 0.0657 e. The summed E-state index contributed by atoms with van der Waals surface area (Å²) in [6, 6.07) is 6.14. The first kappa shape index (κ1) is 11.5. The van der Waals surface area contributed by atoms with Crippen LogP contribution in [-0.4, -0.2) is 20.8 Å². The third-order valence-corrected chi connectivity index (χ3v) is 2.78. The zero-order chi connectivity index (χ0) is 10.6. The van der Waals surface area contributed by atoms with Crippen LogP contribution in [0.5, 0.6) is 0 Å². The van der Waals surface area contributed by atoms with Crippen molar-refractivity contribution < 1.29 is 4.74 Å². The molecule has 0 radical (unpaired) electrons. The quantitative estimate of drug-likeness (QED) is 0.830. The Hall–Kier alpha value is -0.570. The van der Waals surface area contributed by atoms with E-state index in [9.17, 15) is 0 Å². The molecular weight excluding hydrogens is 198 g/mol.